The number of hydrogen-bond donors (Lipinski definition) is 1. The van der Waals surface area contributed by atoms with Gasteiger partial charge in [0.1, 0.15) is 4.88 Å². The van der Waals surface area contributed by atoms with Gasteiger partial charge in [0.15, 0.2) is 6.61 Å². The van der Waals surface area contributed by atoms with Crippen molar-refractivity contribution in [3.63, 3.8) is 0 Å². The molecular weight excluding hydrogens is 350 g/mol. The molecule has 0 fully saturated rings. The summed E-state index contributed by atoms with van der Waals surface area (Å²) in [7, 11) is 0. The second kappa shape index (κ2) is 7.53. The summed E-state index contributed by atoms with van der Waals surface area (Å²) in [5, 5.41) is 9.08. The number of benzene rings is 1. The number of carbonyl (C=O) groups excluding carboxylic acids is 2. The fourth-order valence-electron chi connectivity index (χ4n) is 2.60. The first kappa shape index (κ1) is 17.9. The van der Waals surface area contributed by atoms with Crippen LogP contribution in [0.2, 0.25) is 0 Å². The predicted molar refractivity (Wildman–Crippen MR) is 101 cm³/mol. The molecule has 0 aliphatic rings. The summed E-state index contributed by atoms with van der Waals surface area (Å²) in [6.07, 6.45) is 0. The summed E-state index contributed by atoms with van der Waals surface area (Å²) in [6.45, 7) is 5.19. The minimum Gasteiger partial charge on any atom is -0.451 e. The lowest BCUT2D eigenvalue weighted by molar-refractivity contribution is -0.119. The number of nitrogens with zero attached hydrogens (tertiary/aromatic N) is 2. The maximum absolute atomic E-state index is 12.2. The Balaban J connectivity index is 1.67. The molecule has 26 heavy (non-hydrogen) atoms. The molecule has 0 saturated heterocycles. The predicted octanol–water partition coefficient (Wildman–Crippen LogP) is 3.65. The first-order valence-corrected chi connectivity index (χ1v) is 8.98. The summed E-state index contributed by atoms with van der Waals surface area (Å²) in [5.41, 5.74) is 3.88. The Labute approximate surface area is 155 Å². The minimum absolute atomic E-state index is 0.342. The lowest BCUT2D eigenvalue weighted by Crippen LogP contribution is -2.21. The van der Waals surface area contributed by atoms with Crippen LogP contribution in [0.1, 0.15) is 26.6 Å². The van der Waals surface area contributed by atoms with Gasteiger partial charge in [0.25, 0.3) is 5.91 Å². The monoisotopic (exact) mass is 369 g/mol. The standard InChI is InChI=1S/C19H19N3O3S/c1-12-9-10-26-18(12)19(24)25-11-16(23)20-17-13(2)21-22(14(17)3)15-7-5-4-6-8-15/h4-10H,11H2,1-3H3,(H,20,23). The lowest BCUT2D eigenvalue weighted by Gasteiger charge is -2.08. The molecule has 6 nitrogen and oxygen atoms in total. The van der Waals surface area contributed by atoms with E-state index in [-0.39, 0.29) is 6.61 Å². The number of esters is 1. The van der Waals surface area contributed by atoms with E-state index in [0.29, 0.717) is 16.3 Å². The van der Waals surface area contributed by atoms with Gasteiger partial charge in [-0.2, -0.15) is 5.10 Å². The maximum atomic E-state index is 12.2. The zero-order valence-corrected chi connectivity index (χ0v) is 15.6. The molecule has 134 valence electrons. The summed E-state index contributed by atoms with van der Waals surface area (Å²) < 4.78 is 6.87. The molecule has 0 radical (unpaired) electrons. The van der Waals surface area contributed by atoms with Gasteiger partial charge in [-0.05, 0) is 49.9 Å². The third-order valence-corrected chi connectivity index (χ3v) is 4.93. The lowest BCUT2D eigenvalue weighted by atomic mass is 10.3. The molecule has 0 saturated carbocycles. The molecular formula is C19H19N3O3S. The molecule has 2 heterocycles. The van der Waals surface area contributed by atoms with Crippen LogP contribution in [0.25, 0.3) is 5.69 Å². The molecule has 0 unspecified atom stereocenters. The smallest absolute Gasteiger partial charge is 0.349 e. The molecule has 3 aromatic rings. The summed E-state index contributed by atoms with van der Waals surface area (Å²) >= 11 is 1.30. The average molecular weight is 369 g/mol. The number of thiophene rings is 1. The molecule has 0 aliphatic carbocycles. The van der Waals surface area contributed by atoms with Crippen LogP contribution >= 0.6 is 11.3 Å². The van der Waals surface area contributed by atoms with Crippen molar-refractivity contribution in [2.24, 2.45) is 0 Å². The van der Waals surface area contributed by atoms with Crippen LogP contribution in [0.4, 0.5) is 5.69 Å². The van der Waals surface area contributed by atoms with Gasteiger partial charge in [-0.1, -0.05) is 18.2 Å². The van der Waals surface area contributed by atoms with Gasteiger partial charge in [-0.25, -0.2) is 9.48 Å². The second-order valence-electron chi connectivity index (χ2n) is 5.85. The Morgan fingerprint density at radius 2 is 1.88 bits per heavy atom. The highest BCUT2D eigenvalue weighted by Gasteiger charge is 2.17. The highest BCUT2D eigenvalue weighted by Crippen LogP contribution is 2.23. The molecule has 0 atom stereocenters. The van der Waals surface area contributed by atoms with E-state index in [2.05, 4.69) is 10.4 Å². The normalized spacial score (nSPS) is 10.6. The topological polar surface area (TPSA) is 73.2 Å². The van der Waals surface area contributed by atoms with Crippen molar-refractivity contribution in [3.8, 4) is 5.69 Å². The summed E-state index contributed by atoms with van der Waals surface area (Å²) in [6, 6.07) is 11.5. The first-order chi connectivity index (χ1) is 12.5. The van der Waals surface area contributed by atoms with E-state index in [1.165, 1.54) is 11.3 Å². The van der Waals surface area contributed by atoms with Crippen molar-refractivity contribution in [3.05, 3.63) is 63.6 Å². The van der Waals surface area contributed by atoms with E-state index in [0.717, 1.165) is 16.9 Å². The number of ether oxygens (including phenoxy) is 1. The molecule has 0 spiro atoms. The molecule has 3 rings (SSSR count). The molecule has 1 amide bonds. The van der Waals surface area contributed by atoms with E-state index in [1.54, 1.807) is 4.68 Å². The third-order valence-electron chi connectivity index (χ3n) is 3.94. The van der Waals surface area contributed by atoms with Crippen LogP contribution in [-0.2, 0) is 9.53 Å². The Morgan fingerprint density at radius 1 is 1.15 bits per heavy atom. The Hall–Kier alpha value is -2.93. The van der Waals surface area contributed by atoms with E-state index in [4.69, 9.17) is 4.74 Å². The third kappa shape index (κ3) is 3.67. The van der Waals surface area contributed by atoms with Crippen LogP contribution in [-0.4, -0.2) is 28.3 Å². The van der Waals surface area contributed by atoms with Gasteiger partial charge in [0, 0.05) is 0 Å². The van der Waals surface area contributed by atoms with Gasteiger partial charge < -0.3 is 10.1 Å². The number of carbonyl (C=O) groups is 2. The van der Waals surface area contributed by atoms with Crippen LogP contribution < -0.4 is 5.32 Å². The Bertz CT molecular complexity index is 944. The fourth-order valence-corrected chi connectivity index (χ4v) is 3.42. The van der Waals surface area contributed by atoms with Crippen molar-refractivity contribution in [2.45, 2.75) is 20.8 Å². The molecule has 1 aromatic carbocycles. The number of hydrogen-bond acceptors (Lipinski definition) is 5. The van der Waals surface area contributed by atoms with Crippen LogP contribution in [0.15, 0.2) is 41.8 Å². The average Bonchev–Trinajstić information content (AvgIpc) is 3.18. The molecule has 1 N–H and O–H groups in total. The van der Waals surface area contributed by atoms with Crippen molar-refractivity contribution in [1.29, 1.82) is 0 Å². The first-order valence-electron chi connectivity index (χ1n) is 8.10. The SMILES string of the molecule is Cc1ccsc1C(=O)OCC(=O)Nc1c(C)nn(-c2ccccc2)c1C. The van der Waals surface area contributed by atoms with Gasteiger partial charge in [0.05, 0.1) is 22.8 Å². The van der Waals surface area contributed by atoms with E-state index in [9.17, 15) is 9.59 Å². The highest BCUT2D eigenvalue weighted by atomic mass is 32.1. The Kier molecular flexibility index (Phi) is 5.18. The number of anilines is 1. The van der Waals surface area contributed by atoms with E-state index >= 15 is 0 Å². The maximum Gasteiger partial charge on any atom is 0.349 e. The summed E-state index contributed by atoms with van der Waals surface area (Å²) in [4.78, 5) is 24.7. The fraction of sp³-hybridized carbons (Fsp3) is 0.211. The van der Waals surface area contributed by atoms with Crippen LogP contribution in [0, 0.1) is 20.8 Å². The van der Waals surface area contributed by atoms with Crippen molar-refractivity contribution in [1.82, 2.24) is 9.78 Å². The second-order valence-corrected chi connectivity index (χ2v) is 6.77. The Morgan fingerprint density at radius 3 is 2.54 bits per heavy atom. The van der Waals surface area contributed by atoms with Gasteiger partial charge in [-0.3, -0.25) is 4.79 Å². The number of rotatable bonds is 5. The van der Waals surface area contributed by atoms with Gasteiger partial charge in [0.2, 0.25) is 0 Å². The van der Waals surface area contributed by atoms with Crippen molar-refractivity contribution >= 4 is 28.9 Å². The zero-order valence-electron chi connectivity index (χ0n) is 14.8. The number of aromatic nitrogens is 2. The number of nitrogens with one attached hydrogen (secondary N) is 1. The van der Waals surface area contributed by atoms with Crippen LogP contribution in [0.3, 0.4) is 0 Å². The molecule has 2 aromatic heterocycles. The van der Waals surface area contributed by atoms with Crippen molar-refractivity contribution < 1.29 is 14.3 Å². The summed E-state index contributed by atoms with van der Waals surface area (Å²) in [5.74, 6) is -0.882. The number of amides is 1. The highest BCUT2D eigenvalue weighted by molar-refractivity contribution is 7.12. The molecule has 7 heteroatoms. The van der Waals surface area contributed by atoms with E-state index in [1.807, 2.05) is 62.5 Å². The van der Waals surface area contributed by atoms with E-state index < -0.39 is 11.9 Å². The van der Waals surface area contributed by atoms with Gasteiger partial charge in [-0.15, -0.1) is 11.3 Å². The van der Waals surface area contributed by atoms with Crippen molar-refractivity contribution in [2.75, 3.05) is 11.9 Å². The number of aryl methyl sites for hydroxylation is 2. The largest absolute Gasteiger partial charge is 0.451 e. The van der Waals surface area contributed by atoms with Gasteiger partial charge >= 0.3 is 5.97 Å². The quantitative estimate of drug-likeness (QED) is 0.697. The number of para-hydroxylation sites is 1. The molecule has 0 aliphatic heterocycles. The minimum atomic E-state index is -0.485. The zero-order chi connectivity index (χ0) is 18.7. The molecule has 0 bridgehead atoms. The van der Waals surface area contributed by atoms with Crippen LogP contribution in [0.5, 0.6) is 0 Å².